The summed E-state index contributed by atoms with van der Waals surface area (Å²) in [7, 11) is 0. The Hall–Kier alpha value is -0.610. The van der Waals surface area contributed by atoms with Crippen molar-refractivity contribution in [1.82, 2.24) is 10.6 Å². The average molecular weight is 258 g/mol. The molecule has 0 atom stereocenters. The fourth-order valence-electron chi connectivity index (χ4n) is 1.51. The van der Waals surface area contributed by atoms with Crippen molar-refractivity contribution in [3.8, 4) is 0 Å². The predicted molar refractivity (Wildman–Crippen MR) is 75.7 cm³/mol. The van der Waals surface area contributed by atoms with Crippen LogP contribution in [0.5, 0.6) is 0 Å². The summed E-state index contributed by atoms with van der Waals surface area (Å²) in [5.41, 5.74) is 0. The molecule has 2 N–H and O–H groups in total. The molecule has 0 fully saturated rings. The number of amides is 1. The van der Waals surface area contributed by atoms with Crippen LogP contribution in [0.1, 0.15) is 53.4 Å². The molecule has 4 nitrogen and oxygen atoms in total. The predicted octanol–water partition coefficient (Wildman–Crippen LogP) is 2.09. The number of hydrogen-bond acceptors (Lipinski definition) is 3. The van der Waals surface area contributed by atoms with Gasteiger partial charge in [-0.05, 0) is 39.7 Å². The van der Waals surface area contributed by atoms with Gasteiger partial charge >= 0.3 is 0 Å². The minimum Gasteiger partial charge on any atom is -0.379 e. The molecule has 18 heavy (non-hydrogen) atoms. The summed E-state index contributed by atoms with van der Waals surface area (Å²) in [4.78, 5) is 11.4. The van der Waals surface area contributed by atoms with Gasteiger partial charge in [0.05, 0.1) is 6.10 Å². The molecule has 0 aromatic rings. The van der Waals surface area contributed by atoms with Gasteiger partial charge in [-0.25, -0.2) is 0 Å². The van der Waals surface area contributed by atoms with Gasteiger partial charge in [0.2, 0.25) is 5.91 Å². The maximum Gasteiger partial charge on any atom is 0.220 e. The highest BCUT2D eigenvalue weighted by molar-refractivity contribution is 5.75. The summed E-state index contributed by atoms with van der Waals surface area (Å²) >= 11 is 0. The lowest BCUT2D eigenvalue weighted by Gasteiger charge is -2.09. The van der Waals surface area contributed by atoms with Gasteiger partial charge in [-0.2, -0.15) is 0 Å². The van der Waals surface area contributed by atoms with E-state index in [4.69, 9.17) is 4.74 Å². The zero-order chi connectivity index (χ0) is 13.8. The largest absolute Gasteiger partial charge is 0.379 e. The van der Waals surface area contributed by atoms with Crippen molar-refractivity contribution in [2.75, 3.05) is 19.7 Å². The zero-order valence-corrected chi connectivity index (χ0v) is 12.4. The third kappa shape index (κ3) is 13.5. The van der Waals surface area contributed by atoms with Crippen LogP contribution < -0.4 is 10.6 Å². The van der Waals surface area contributed by atoms with Crippen LogP contribution in [0.2, 0.25) is 0 Å². The molecule has 0 bridgehead atoms. The van der Waals surface area contributed by atoms with E-state index in [9.17, 15) is 4.79 Å². The number of nitrogens with one attached hydrogen (secondary N) is 2. The SMILES string of the molecule is CC(C)NCCCCNC(=O)CCCOC(C)C. The molecular formula is C14H30N2O2. The Morgan fingerprint density at radius 3 is 2.33 bits per heavy atom. The van der Waals surface area contributed by atoms with Gasteiger partial charge in [0, 0.05) is 25.6 Å². The molecule has 0 saturated heterocycles. The summed E-state index contributed by atoms with van der Waals surface area (Å²) in [6, 6.07) is 0.542. The number of rotatable bonds is 11. The molecule has 4 heteroatoms. The van der Waals surface area contributed by atoms with Crippen molar-refractivity contribution < 1.29 is 9.53 Å². The van der Waals surface area contributed by atoms with Crippen LogP contribution in [-0.4, -0.2) is 37.7 Å². The lowest BCUT2D eigenvalue weighted by Crippen LogP contribution is -2.27. The van der Waals surface area contributed by atoms with Crippen LogP contribution in [0, 0.1) is 0 Å². The first-order chi connectivity index (χ1) is 8.52. The maximum atomic E-state index is 11.4. The summed E-state index contributed by atoms with van der Waals surface area (Å²) in [6.45, 7) is 10.8. The van der Waals surface area contributed by atoms with Crippen LogP contribution in [0.4, 0.5) is 0 Å². The number of ether oxygens (including phenoxy) is 1. The zero-order valence-electron chi connectivity index (χ0n) is 12.4. The van der Waals surface area contributed by atoms with Crippen LogP contribution in [-0.2, 0) is 9.53 Å². The molecule has 108 valence electrons. The summed E-state index contributed by atoms with van der Waals surface area (Å²) < 4.78 is 5.38. The van der Waals surface area contributed by atoms with Gasteiger partial charge in [-0.15, -0.1) is 0 Å². The maximum absolute atomic E-state index is 11.4. The average Bonchev–Trinajstić information content (AvgIpc) is 2.28. The molecule has 0 aromatic heterocycles. The minimum absolute atomic E-state index is 0.138. The van der Waals surface area contributed by atoms with E-state index >= 15 is 0 Å². The topological polar surface area (TPSA) is 50.4 Å². The fraction of sp³-hybridized carbons (Fsp3) is 0.929. The quantitative estimate of drug-likeness (QED) is 0.558. The smallest absolute Gasteiger partial charge is 0.220 e. The molecule has 1 amide bonds. The summed E-state index contributed by atoms with van der Waals surface area (Å²) in [6.07, 6.45) is 3.76. The number of hydrogen-bond donors (Lipinski definition) is 2. The minimum atomic E-state index is 0.138. The molecule has 0 aromatic carbocycles. The van der Waals surface area contributed by atoms with Gasteiger partial charge in [-0.1, -0.05) is 13.8 Å². The number of carbonyl (C=O) groups is 1. The number of carbonyl (C=O) groups excluding carboxylic acids is 1. The second-order valence-electron chi connectivity index (χ2n) is 5.19. The van der Waals surface area contributed by atoms with Crippen molar-refractivity contribution in [2.45, 2.75) is 65.5 Å². The fourth-order valence-corrected chi connectivity index (χ4v) is 1.51. The van der Waals surface area contributed by atoms with Gasteiger partial charge in [0.15, 0.2) is 0 Å². The van der Waals surface area contributed by atoms with Crippen LogP contribution in [0.15, 0.2) is 0 Å². The Morgan fingerprint density at radius 2 is 1.72 bits per heavy atom. The monoisotopic (exact) mass is 258 g/mol. The standard InChI is InChI=1S/C14H30N2O2/c1-12(2)15-9-5-6-10-16-14(17)8-7-11-18-13(3)4/h12-13,15H,5-11H2,1-4H3,(H,16,17). The molecule has 0 aliphatic heterocycles. The van der Waals surface area contributed by atoms with E-state index in [0.717, 1.165) is 32.4 Å². The van der Waals surface area contributed by atoms with Gasteiger partial charge in [0.1, 0.15) is 0 Å². The van der Waals surface area contributed by atoms with E-state index < -0.39 is 0 Å². The lowest BCUT2D eigenvalue weighted by molar-refractivity contribution is -0.121. The Morgan fingerprint density at radius 1 is 1.06 bits per heavy atom. The van der Waals surface area contributed by atoms with Crippen LogP contribution >= 0.6 is 0 Å². The summed E-state index contributed by atoms with van der Waals surface area (Å²) in [5.74, 6) is 0.138. The molecule has 0 heterocycles. The van der Waals surface area contributed by atoms with E-state index in [-0.39, 0.29) is 12.0 Å². The first kappa shape index (κ1) is 17.4. The second kappa shape index (κ2) is 11.5. The number of unbranched alkanes of at least 4 members (excludes halogenated alkanes) is 1. The van der Waals surface area contributed by atoms with Crippen molar-refractivity contribution >= 4 is 5.91 Å². The molecule has 0 aliphatic carbocycles. The third-order valence-corrected chi connectivity index (χ3v) is 2.48. The Bertz CT molecular complexity index is 206. The molecular weight excluding hydrogens is 228 g/mol. The van der Waals surface area contributed by atoms with E-state index in [1.54, 1.807) is 0 Å². The second-order valence-corrected chi connectivity index (χ2v) is 5.19. The molecule has 0 spiro atoms. The van der Waals surface area contributed by atoms with E-state index in [2.05, 4.69) is 24.5 Å². The van der Waals surface area contributed by atoms with Crippen molar-refractivity contribution in [3.63, 3.8) is 0 Å². The molecule has 0 rings (SSSR count). The van der Waals surface area contributed by atoms with E-state index in [1.165, 1.54) is 0 Å². The Balaban J connectivity index is 3.22. The van der Waals surface area contributed by atoms with E-state index in [0.29, 0.717) is 19.1 Å². The van der Waals surface area contributed by atoms with Gasteiger partial charge < -0.3 is 15.4 Å². The third-order valence-electron chi connectivity index (χ3n) is 2.48. The van der Waals surface area contributed by atoms with Gasteiger partial charge in [0.25, 0.3) is 0 Å². The summed E-state index contributed by atoms with van der Waals surface area (Å²) in [5, 5.41) is 6.29. The van der Waals surface area contributed by atoms with Crippen molar-refractivity contribution in [1.29, 1.82) is 0 Å². The highest BCUT2D eigenvalue weighted by atomic mass is 16.5. The molecule has 0 radical (unpaired) electrons. The molecule has 0 saturated carbocycles. The first-order valence-electron chi connectivity index (χ1n) is 7.14. The molecule has 0 aliphatic rings. The lowest BCUT2D eigenvalue weighted by atomic mass is 10.2. The van der Waals surface area contributed by atoms with Crippen LogP contribution in [0.25, 0.3) is 0 Å². The Kier molecular flexibility index (Phi) is 11.1. The highest BCUT2D eigenvalue weighted by Crippen LogP contribution is 1.95. The van der Waals surface area contributed by atoms with Crippen molar-refractivity contribution in [3.05, 3.63) is 0 Å². The van der Waals surface area contributed by atoms with E-state index in [1.807, 2.05) is 13.8 Å². The van der Waals surface area contributed by atoms with Gasteiger partial charge in [-0.3, -0.25) is 4.79 Å². The molecule has 0 unspecified atom stereocenters. The first-order valence-corrected chi connectivity index (χ1v) is 7.14. The Labute approximate surface area is 112 Å². The van der Waals surface area contributed by atoms with Crippen LogP contribution in [0.3, 0.4) is 0 Å². The highest BCUT2D eigenvalue weighted by Gasteiger charge is 2.01. The van der Waals surface area contributed by atoms with Crippen molar-refractivity contribution in [2.24, 2.45) is 0 Å². The normalized spacial score (nSPS) is 11.2.